The topological polar surface area (TPSA) is 19.4 Å². The molecule has 322 valence electrons. The number of fused-ring (bicyclic) bond motifs is 9. The van der Waals surface area contributed by atoms with Gasteiger partial charge in [0.25, 0.3) is 0 Å². The highest BCUT2D eigenvalue weighted by atomic mass is 15.4. The van der Waals surface area contributed by atoms with Gasteiger partial charge in [-0.15, -0.1) is 0 Å². The smallest absolute Gasteiger partial charge is 0.118 e. The lowest BCUT2D eigenvalue weighted by molar-refractivity contribution is 0.195. The van der Waals surface area contributed by atoms with Crippen LogP contribution in [0.1, 0.15) is 93.6 Å². The molecule has 0 N–H and O–H groups in total. The van der Waals surface area contributed by atoms with Crippen LogP contribution in [0.5, 0.6) is 0 Å². The first-order valence-electron chi connectivity index (χ1n) is 23.8. The molecule has 0 amide bonds. The number of allylic oxidation sites excluding steroid dienone is 1. The number of hydrogen-bond donors (Lipinski definition) is 0. The molecule has 1 aromatic heterocycles. The van der Waals surface area contributed by atoms with E-state index in [2.05, 4.69) is 250 Å². The molecule has 0 radical (unpaired) electrons. The molecule has 0 saturated heterocycles. The number of pyridine rings is 1. The molecule has 8 aromatic carbocycles. The molecular weight excluding hydrogens is 811 g/mol. The van der Waals surface area contributed by atoms with Gasteiger partial charge in [-0.25, -0.2) is 0 Å². The highest BCUT2D eigenvalue weighted by Gasteiger charge is 2.53. The van der Waals surface area contributed by atoms with Crippen molar-refractivity contribution >= 4 is 0 Å². The van der Waals surface area contributed by atoms with Gasteiger partial charge in [0, 0.05) is 25.1 Å². The molecule has 13 rings (SSSR count). The standard InChI is InChI=1S/C64H51N3/c1-42(2)44-35-36-65-61(37-44)63(57-31-13-7-25-51(57)52-26-8-14-32-58(52)63)47-21-17-19-45(38-47)62(55-29-11-5-23-49(55)50-24-6-12-30-56(50)62)46-20-18-22-48(39-46)64(67-40-43(3)66(4)41-67)59-33-15-9-27-53(59)54-28-10-16-34-60(54)64/h5-40,42H,41H2,1-4H3. The molecular formula is C64H51N3. The third-order valence-corrected chi connectivity index (χ3v) is 15.8. The number of benzene rings is 8. The molecule has 9 aromatic rings. The number of hydrogen-bond acceptors (Lipinski definition) is 3. The molecule has 0 spiro atoms. The normalized spacial score (nSPS) is 16.2. The summed E-state index contributed by atoms with van der Waals surface area (Å²) in [6.07, 6.45) is 4.41. The zero-order valence-corrected chi connectivity index (χ0v) is 38.4. The molecule has 0 bridgehead atoms. The van der Waals surface area contributed by atoms with Gasteiger partial charge in [0.2, 0.25) is 0 Å². The summed E-state index contributed by atoms with van der Waals surface area (Å²) in [4.78, 5) is 10.3. The minimum atomic E-state index is -0.669. The third kappa shape index (κ3) is 5.20. The van der Waals surface area contributed by atoms with Crippen LogP contribution in [0.4, 0.5) is 0 Å². The number of nitrogens with zero attached hydrogens (tertiary/aromatic N) is 3. The second kappa shape index (κ2) is 14.6. The molecule has 0 atom stereocenters. The number of rotatable bonds is 7. The Morgan fingerprint density at radius 3 is 1.27 bits per heavy atom. The van der Waals surface area contributed by atoms with Crippen molar-refractivity contribution < 1.29 is 0 Å². The molecule has 67 heavy (non-hydrogen) atoms. The quantitative estimate of drug-likeness (QED) is 0.159. The van der Waals surface area contributed by atoms with Crippen LogP contribution < -0.4 is 0 Å². The van der Waals surface area contributed by atoms with Gasteiger partial charge in [0.05, 0.1) is 23.2 Å². The van der Waals surface area contributed by atoms with E-state index in [9.17, 15) is 0 Å². The van der Waals surface area contributed by atoms with Gasteiger partial charge in [0.15, 0.2) is 0 Å². The first-order valence-corrected chi connectivity index (χ1v) is 23.8. The Hall–Kier alpha value is -7.75. The molecule has 3 nitrogen and oxygen atoms in total. The summed E-state index contributed by atoms with van der Waals surface area (Å²) in [5.74, 6) is 0.349. The first kappa shape index (κ1) is 39.6. The minimum absolute atomic E-state index is 0.349. The summed E-state index contributed by atoms with van der Waals surface area (Å²) in [5, 5.41) is 0. The van der Waals surface area contributed by atoms with Gasteiger partial charge in [-0.2, -0.15) is 0 Å². The Morgan fingerprint density at radius 1 is 0.433 bits per heavy atom. The maximum atomic E-state index is 5.36. The molecule has 1 aliphatic heterocycles. The highest BCUT2D eigenvalue weighted by molar-refractivity contribution is 5.89. The van der Waals surface area contributed by atoms with Crippen LogP contribution in [0.15, 0.2) is 224 Å². The van der Waals surface area contributed by atoms with E-state index in [1.54, 1.807) is 0 Å². The third-order valence-electron chi connectivity index (χ3n) is 15.8. The fraction of sp³-hybridized carbons (Fsp3) is 0.141. The van der Waals surface area contributed by atoms with Crippen molar-refractivity contribution in [2.24, 2.45) is 0 Å². The van der Waals surface area contributed by atoms with Crippen LogP contribution >= 0.6 is 0 Å². The van der Waals surface area contributed by atoms with E-state index in [0.717, 1.165) is 12.4 Å². The zero-order chi connectivity index (χ0) is 45.1. The Bertz CT molecular complexity index is 3360. The van der Waals surface area contributed by atoms with E-state index in [1.165, 1.54) is 100 Å². The molecule has 0 fully saturated rings. The van der Waals surface area contributed by atoms with E-state index >= 15 is 0 Å². The van der Waals surface area contributed by atoms with Crippen molar-refractivity contribution in [2.75, 3.05) is 13.7 Å². The molecule has 0 saturated carbocycles. The van der Waals surface area contributed by atoms with Crippen molar-refractivity contribution in [1.29, 1.82) is 0 Å². The molecule has 2 heterocycles. The Kier molecular flexibility index (Phi) is 8.65. The maximum absolute atomic E-state index is 5.36. The second-order valence-corrected chi connectivity index (χ2v) is 19.4. The Balaban J connectivity index is 1.13. The molecule has 0 unspecified atom stereocenters. The Morgan fingerprint density at radius 2 is 0.821 bits per heavy atom. The lowest BCUT2D eigenvalue weighted by Gasteiger charge is -2.43. The van der Waals surface area contributed by atoms with Gasteiger partial charge in [-0.05, 0) is 120 Å². The first-order chi connectivity index (χ1) is 32.9. The molecule has 3 aliphatic carbocycles. The maximum Gasteiger partial charge on any atom is 0.118 e. The average Bonchev–Trinajstić information content (AvgIpc) is 4.08. The fourth-order valence-electron chi connectivity index (χ4n) is 12.9. The SMILES string of the molecule is CC1=CN(C2(c3cccc(C4(c5cccc(C6(c7cc(C(C)C)ccn7)c7ccccc7-c7ccccc76)c5)c5ccccc5-c5ccccc54)c3)c3ccccc3-c3ccccc32)CN1C. The minimum Gasteiger partial charge on any atom is -0.359 e. The van der Waals surface area contributed by atoms with Crippen molar-refractivity contribution in [1.82, 2.24) is 14.8 Å². The van der Waals surface area contributed by atoms with Gasteiger partial charge in [-0.1, -0.05) is 208 Å². The predicted molar refractivity (Wildman–Crippen MR) is 273 cm³/mol. The van der Waals surface area contributed by atoms with Crippen LogP contribution in [-0.2, 0) is 16.4 Å². The predicted octanol–water partition coefficient (Wildman–Crippen LogP) is 14.3. The summed E-state index contributed by atoms with van der Waals surface area (Å²) in [7, 11) is 2.21. The Labute approximate surface area is 394 Å². The van der Waals surface area contributed by atoms with Crippen LogP contribution in [0, 0.1) is 0 Å². The van der Waals surface area contributed by atoms with Crippen LogP contribution in [0.2, 0.25) is 0 Å². The van der Waals surface area contributed by atoms with Gasteiger partial charge >= 0.3 is 0 Å². The van der Waals surface area contributed by atoms with E-state index in [4.69, 9.17) is 4.98 Å². The summed E-state index contributed by atoms with van der Waals surface area (Å²) in [6, 6.07) is 78.4. The lowest BCUT2D eigenvalue weighted by atomic mass is 9.64. The van der Waals surface area contributed by atoms with Gasteiger partial charge in [0.1, 0.15) is 5.54 Å². The van der Waals surface area contributed by atoms with Crippen molar-refractivity contribution in [2.45, 2.75) is 43.1 Å². The largest absolute Gasteiger partial charge is 0.359 e. The monoisotopic (exact) mass is 861 g/mol. The van der Waals surface area contributed by atoms with Gasteiger partial charge < -0.3 is 9.80 Å². The van der Waals surface area contributed by atoms with Crippen molar-refractivity contribution in [3.63, 3.8) is 0 Å². The van der Waals surface area contributed by atoms with Crippen LogP contribution in [-0.4, -0.2) is 28.5 Å². The summed E-state index contributed by atoms with van der Waals surface area (Å²) in [5.41, 5.74) is 22.0. The molecule has 4 aliphatic rings. The molecule has 3 heteroatoms. The highest BCUT2D eigenvalue weighted by Crippen LogP contribution is 2.61. The second-order valence-electron chi connectivity index (χ2n) is 19.4. The zero-order valence-electron chi connectivity index (χ0n) is 38.4. The lowest BCUT2D eigenvalue weighted by Crippen LogP contribution is -2.45. The van der Waals surface area contributed by atoms with E-state index < -0.39 is 16.4 Å². The van der Waals surface area contributed by atoms with Crippen molar-refractivity contribution in [3.8, 4) is 33.4 Å². The van der Waals surface area contributed by atoms with Gasteiger partial charge in [-0.3, -0.25) is 4.98 Å². The fourth-order valence-corrected chi connectivity index (χ4v) is 12.9. The summed E-state index contributed by atoms with van der Waals surface area (Å²) < 4.78 is 0. The average molecular weight is 862 g/mol. The summed E-state index contributed by atoms with van der Waals surface area (Å²) in [6.45, 7) is 7.56. The van der Waals surface area contributed by atoms with Crippen molar-refractivity contribution in [3.05, 3.63) is 291 Å². The summed E-state index contributed by atoms with van der Waals surface area (Å²) >= 11 is 0. The van der Waals surface area contributed by atoms with Crippen LogP contribution in [0.3, 0.4) is 0 Å². The van der Waals surface area contributed by atoms with Crippen LogP contribution in [0.25, 0.3) is 33.4 Å². The number of aromatic nitrogens is 1. The van der Waals surface area contributed by atoms with E-state index in [1.807, 2.05) is 6.20 Å². The van der Waals surface area contributed by atoms with E-state index in [-0.39, 0.29) is 0 Å². The van der Waals surface area contributed by atoms with E-state index in [0.29, 0.717) is 5.92 Å².